The maximum absolute atomic E-state index is 10.7. The summed E-state index contributed by atoms with van der Waals surface area (Å²) in [6, 6.07) is 1.000. The van der Waals surface area contributed by atoms with Crippen molar-refractivity contribution >= 4 is 11.8 Å². The molecule has 0 saturated carbocycles. The van der Waals surface area contributed by atoms with Crippen LogP contribution in [0.3, 0.4) is 0 Å². The average molecular weight is 262 g/mol. The van der Waals surface area contributed by atoms with Crippen LogP contribution in [-0.2, 0) is 0 Å². The summed E-state index contributed by atoms with van der Waals surface area (Å²) in [5, 5.41) is 12.2. The van der Waals surface area contributed by atoms with E-state index in [0.717, 1.165) is 13.0 Å². The standard InChI is InChI=1S/C13H18N4O2/c18-13(19)10-7-15-12(8-14-10)16-9-4-6-17-5-2-1-3-11(9)17/h7-9,11H,1-6H2,(H,15,16)(H,18,19). The van der Waals surface area contributed by atoms with Gasteiger partial charge in [-0.2, -0.15) is 0 Å². The summed E-state index contributed by atoms with van der Waals surface area (Å²) in [6.07, 6.45) is 7.76. The van der Waals surface area contributed by atoms with Gasteiger partial charge in [-0.15, -0.1) is 0 Å². The maximum atomic E-state index is 10.7. The number of hydrogen-bond donors (Lipinski definition) is 2. The number of anilines is 1. The van der Waals surface area contributed by atoms with Crippen LogP contribution >= 0.6 is 0 Å². The van der Waals surface area contributed by atoms with E-state index in [4.69, 9.17) is 5.11 Å². The highest BCUT2D eigenvalue weighted by molar-refractivity contribution is 5.84. The van der Waals surface area contributed by atoms with Gasteiger partial charge < -0.3 is 10.4 Å². The summed E-state index contributed by atoms with van der Waals surface area (Å²) < 4.78 is 0. The minimum Gasteiger partial charge on any atom is -0.476 e. The fourth-order valence-electron chi connectivity index (χ4n) is 3.12. The molecule has 2 saturated heterocycles. The minimum atomic E-state index is -1.04. The van der Waals surface area contributed by atoms with Crippen molar-refractivity contribution in [3.05, 3.63) is 18.1 Å². The molecule has 0 aromatic carbocycles. The van der Waals surface area contributed by atoms with Gasteiger partial charge in [0.1, 0.15) is 5.82 Å². The third-order valence-electron chi connectivity index (χ3n) is 4.06. The molecule has 6 nitrogen and oxygen atoms in total. The van der Waals surface area contributed by atoms with Crippen molar-refractivity contribution in [3.8, 4) is 0 Å². The number of nitrogens with one attached hydrogen (secondary N) is 1. The number of fused-ring (bicyclic) bond motifs is 1. The van der Waals surface area contributed by atoms with Crippen molar-refractivity contribution in [1.29, 1.82) is 0 Å². The summed E-state index contributed by atoms with van der Waals surface area (Å²) in [4.78, 5) is 21.3. The molecule has 0 spiro atoms. The molecule has 19 heavy (non-hydrogen) atoms. The van der Waals surface area contributed by atoms with Crippen LogP contribution < -0.4 is 5.32 Å². The normalized spacial score (nSPS) is 26.9. The van der Waals surface area contributed by atoms with Crippen molar-refractivity contribution in [2.24, 2.45) is 0 Å². The Hall–Kier alpha value is -1.69. The Balaban J connectivity index is 1.66. The molecule has 3 rings (SSSR count). The van der Waals surface area contributed by atoms with Gasteiger partial charge in [0.25, 0.3) is 0 Å². The molecule has 2 aliphatic rings. The number of nitrogens with zero attached hydrogens (tertiary/aromatic N) is 3. The van der Waals surface area contributed by atoms with Gasteiger partial charge in [-0.3, -0.25) is 4.90 Å². The first-order valence-corrected chi connectivity index (χ1v) is 6.80. The monoisotopic (exact) mass is 262 g/mol. The number of rotatable bonds is 3. The average Bonchev–Trinajstić information content (AvgIpc) is 2.83. The lowest BCUT2D eigenvalue weighted by molar-refractivity contribution is 0.0690. The number of carboxylic acid groups (broad SMARTS) is 1. The number of carbonyl (C=O) groups is 1. The van der Waals surface area contributed by atoms with Gasteiger partial charge in [-0.25, -0.2) is 14.8 Å². The van der Waals surface area contributed by atoms with Crippen LogP contribution in [-0.4, -0.2) is 51.1 Å². The van der Waals surface area contributed by atoms with Crippen LogP contribution in [0.2, 0.25) is 0 Å². The van der Waals surface area contributed by atoms with E-state index in [1.807, 2.05) is 0 Å². The van der Waals surface area contributed by atoms with Crippen LogP contribution in [0.1, 0.15) is 36.2 Å². The fourth-order valence-corrected chi connectivity index (χ4v) is 3.12. The molecule has 2 aliphatic heterocycles. The molecular weight excluding hydrogens is 244 g/mol. The Bertz CT molecular complexity index is 462. The Morgan fingerprint density at radius 3 is 2.89 bits per heavy atom. The lowest BCUT2D eigenvalue weighted by Gasteiger charge is -2.32. The highest BCUT2D eigenvalue weighted by atomic mass is 16.4. The van der Waals surface area contributed by atoms with E-state index >= 15 is 0 Å². The lowest BCUT2D eigenvalue weighted by Crippen LogP contribution is -2.41. The van der Waals surface area contributed by atoms with Crippen molar-refractivity contribution in [1.82, 2.24) is 14.9 Å². The molecule has 0 bridgehead atoms. The molecule has 2 N–H and O–H groups in total. The van der Waals surface area contributed by atoms with Crippen molar-refractivity contribution in [2.75, 3.05) is 18.4 Å². The van der Waals surface area contributed by atoms with Crippen LogP contribution in [0.25, 0.3) is 0 Å². The molecule has 102 valence electrons. The van der Waals surface area contributed by atoms with Crippen LogP contribution in [0.5, 0.6) is 0 Å². The number of aromatic carboxylic acids is 1. The molecule has 2 atom stereocenters. The fraction of sp³-hybridized carbons (Fsp3) is 0.615. The summed E-state index contributed by atoms with van der Waals surface area (Å²) in [7, 11) is 0. The smallest absolute Gasteiger partial charge is 0.356 e. The van der Waals surface area contributed by atoms with E-state index in [-0.39, 0.29) is 5.69 Å². The first-order chi connectivity index (χ1) is 9.24. The minimum absolute atomic E-state index is 0.0173. The molecule has 0 radical (unpaired) electrons. The Kier molecular flexibility index (Phi) is 3.33. The maximum Gasteiger partial charge on any atom is 0.356 e. The zero-order valence-electron chi connectivity index (χ0n) is 10.7. The molecular formula is C13H18N4O2. The molecule has 1 aromatic rings. The van der Waals surface area contributed by atoms with Gasteiger partial charge in [0.2, 0.25) is 0 Å². The Labute approximate surface area is 111 Å². The van der Waals surface area contributed by atoms with E-state index in [1.165, 1.54) is 38.2 Å². The van der Waals surface area contributed by atoms with Crippen molar-refractivity contribution in [2.45, 2.75) is 37.8 Å². The third kappa shape index (κ3) is 2.53. The Morgan fingerprint density at radius 1 is 1.26 bits per heavy atom. The highest BCUT2D eigenvalue weighted by Crippen LogP contribution is 2.28. The van der Waals surface area contributed by atoms with E-state index in [1.54, 1.807) is 0 Å². The number of aromatic nitrogens is 2. The third-order valence-corrected chi connectivity index (χ3v) is 4.06. The molecule has 0 amide bonds. The zero-order valence-corrected chi connectivity index (χ0v) is 10.7. The van der Waals surface area contributed by atoms with Gasteiger partial charge >= 0.3 is 5.97 Å². The summed E-state index contributed by atoms with van der Waals surface area (Å²) in [5.74, 6) is -0.374. The van der Waals surface area contributed by atoms with Gasteiger partial charge in [-0.05, 0) is 25.8 Å². The van der Waals surface area contributed by atoms with Crippen LogP contribution in [0.15, 0.2) is 12.4 Å². The molecule has 2 fully saturated rings. The predicted molar refractivity (Wildman–Crippen MR) is 70.2 cm³/mol. The second-order valence-electron chi connectivity index (χ2n) is 5.23. The van der Waals surface area contributed by atoms with Crippen molar-refractivity contribution in [3.63, 3.8) is 0 Å². The summed E-state index contributed by atoms with van der Waals surface area (Å²) >= 11 is 0. The first-order valence-electron chi connectivity index (χ1n) is 6.80. The van der Waals surface area contributed by atoms with Crippen LogP contribution in [0, 0.1) is 0 Å². The molecule has 3 heterocycles. The Morgan fingerprint density at radius 2 is 2.16 bits per heavy atom. The molecule has 0 aliphatic carbocycles. The van der Waals surface area contributed by atoms with Crippen molar-refractivity contribution < 1.29 is 9.90 Å². The predicted octanol–water partition coefficient (Wildman–Crippen LogP) is 1.21. The van der Waals surface area contributed by atoms with Gasteiger partial charge in [0, 0.05) is 18.6 Å². The van der Waals surface area contributed by atoms with E-state index in [9.17, 15) is 4.79 Å². The number of piperidine rings is 1. The van der Waals surface area contributed by atoms with Gasteiger partial charge in [0.15, 0.2) is 5.69 Å². The molecule has 1 aromatic heterocycles. The highest BCUT2D eigenvalue weighted by Gasteiger charge is 2.35. The van der Waals surface area contributed by atoms with Gasteiger partial charge in [-0.1, -0.05) is 6.42 Å². The van der Waals surface area contributed by atoms with Gasteiger partial charge in [0.05, 0.1) is 12.4 Å². The number of carboxylic acids is 1. The largest absolute Gasteiger partial charge is 0.476 e. The summed E-state index contributed by atoms with van der Waals surface area (Å²) in [6.45, 7) is 2.34. The van der Waals surface area contributed by atoms with E-state index in [0.29, 0.717) is 17.9 Å². The number of hydrogen-bond acceptors (Lipinski definition) is 5. The van der Waals surface area contributed by atoms with Crippen LogP contribution in [0.4, 0.5) is 5.82 Å². The second-order valence-corrected chi connectivity index (χ2v) is 5.23. The van der Waals surface area contributed by atoms with E-state index in [2.05, 4.69) is 20.2 Å². The lowest BCUT2D eigenvalue weighted by atomic mass is 9.99. The molecule has 6 heteroatoms. The topological polar surface area (TPSA) is 78.3 Å². The SMILES string of the molecule is O=C(O)c1cnc(NC2CCN3CCCCC23)cn1. The first kappa shape index (κ1) is 12.3. The zero-order chi connectivity index (χ0) is 13.2. The second kappa shape index (κ2) is 5.13. The quantitative estimate of drug-likeness (QED) is 0.852. The summed E-state index contributed by atoms with van der Waals surface area (Å²) in [5.41, 5.74) is -0.0173. The van der Waals surface area contributed by atoms with E-state index < -0.39 is 5.97 Å². The molecule has 2 unspecified atom stereocenters.